The lowest BCUT2D eigenvalue weighted by atomic mass is 10.1. The predicted molar refractivity (Wildman–Crippen MR) is 94.2 cm³/mol. The first kappa shape index (κ1) is 15.1. The molecule has 2 aromatic carbocycles. The third-order valence-corrected chi connectivity index (χ3v) is 4.60. The van der Waals surface area contributed by atoms with Crippen molar-refractivity contribution >= 4 is 46.1 Å². The van der Waals surface area contributed by atoms with Gasteiger partial charge in [0.1, 0.15) is 0 Å². The van der Waals surface area contributed by atoms with Crippen LogP contribution in [0, 0.1) is 0 Å². The molecule has 0 aliphatic carbocycles. The number of nitrogens with one attached hydrogen (secondary N) is 1. The van der Waals surface area contributed by atoms with E-state index in [-0.39, 0.29) is 5.91 Å². The Morgan fingerprint density at radius 3 is 1.95 bits per heavy atom. The van der Waals surface area contributed by atoms with Gasteiger partial charge in [0.2, 0.25) is 0 Å². The van der Waals surface area contributed by atoms with Crippen molar-refractivity contribution in [1.29, 1.82) is 0 Å². The Hall–Kier alpha value is -1.81. The number of benzene rings is 2. The molecule has 0 aliphatic heterocycles. The van der Waals surface area contributed by atoms with E-state index >= 15 is 0 Å². The van der Waals surface area contributed by atoms with Crippen LogP contribution in [0.5, 0.6) is 0 Å². The smallest absolute Gasteiger partial charge is 0.265 e. The monoisotopic (exact) mass is 347 g/mol. The summed E-state index contributed by atoms with van der Waals surface area (Å²) in [7, 11) is 0. The molecule has 3 rings (SSSR count). The number of hydrogen-bond acceptors (Lipinski definition) is 2. The van der Waals surface area contributed by atoms with Gasteiger partial charge in [0, 0.05) is 10.7 Å². The van der Waals surface area contributed by atoms with Crippen molar-refractivity contribution in [2.45, 2.75) is 0 Å². The standard InChI is InChI=1S/C17H11Cl2NOS/c18-13-5-1-11(2-6-13)12-3-7-14(8-4-12)20-17(21)15-9-10-16(19)22-15/h1-10H,(H,20,21). The Morgan fingerprint density at radius 1 is 0.818 bits per heavy atom. The van der Waals surface area contributed by atoms with Crippen molar-refractivity contribution < 1.29 is 4.79 Å². The Kier molecular flexibility index (Phi) is 4.48. The van der Waals surface area contributed by atoms with Crippen molar-refractivity contribution in [3.8, 4) is 11.1 Å². The van der Waals surface area contributed by atoms with Crippen LogP contribution in [0.3, 0.4) is 0 Å². The largest absolute Gasteiger partial charge is 0.321 e. The first-order valence-corrected chi connectivity index (χ1v) is 8.12. The number of thiophene rings is 1. The fourth-order valence-electron chi connectivity index (χ4n) is 2.02. The van der Waals surface area contributed by atoms with Gasteiger partial charge in [0.05, 0.1) is 9.21 Å². The average Bonchev–Trinajstić information content (AvgIpc) is 2.96. The van der Waals surface area contributed by atoms with Gasteiger partial charge < -0.3 is 5.32 Å². The summed E-state index contributed by atoms with van der Waals surface area (Å²) in [5.41, 5.74) is 2.88. The van der Waals surface area contributed by atoms with Crippen molar-refractivity contribution in [1.82, 2.24) is 0 Å². The van der Waals surface area contributed by atoms with E-state index in [0.717, 1.165) is 16.8 Å². The highest BCUT2D eigenvalue weighted by atomic mass is 35.5. The minimum absolute atomic E-state index is 0.156. The number of carbonyl (C=O) groups is 1. The summed E-state index contributed by atoms with van der Waals surface area (Å²) < 4.78 is 0.600. The summed E-state index contributed by atoms with van der Waals surface area (Å²) in [5.74, 6) is -0.156. The lowest BCUT2D eigenvalue weighted by Gasteiger charge is -2.06. The first-order chi connectivity index (χ1) is 10.6. The summed E-state index contributed by atoms with van der Waals surface area (Å²) in [4.78, 5) is 12.6. The fourth-order valence-corrected chi connectivity index (χ4v) is 3.08. The van der Waals surface area contributed by atoms with E-state index in [2.05, 4.69) is 5.32 Å². The second kappa shape index (κ2) is 6.53. The van der Waals surface area contributed by atoms with Crippen LogP contribution in [-0.2, 0) is 0 Å². The van der Waals surface area contributed by atoms with Crippen LogP contribution in [0.2, 0.25) is 9.36 Å². The van der Waals surface area contributed by atoms with Gasteiger partial charge in [-0.05, 0) is 47.5 Å². The normalized spacial score (nSPS) is 10.5. The van der Waals surface area contributed by atoms with Crippen LogP contribution >= 0.6 is 34.5 Å². The summed E-state index contributed by atoms with van der Waals surface area (Å²) >= 11 is 13.0. The Labute approximate surface area is 142 Å². The maximum absolute atomic E-state index is 12.0. The van der Waals surface area contributed by atoms with Gasteiger partial charge in [0.25, 0.3) is 5.91 Å². The Bertz CT molecular complexity index is 794. The van der Waals surface area contributed by atoms with Crippen LogP contribution in [0.25, 0.3) is 11.1 Å². The third kappa shape index (κ3) is 3.50. The first-order valence-electron chi connectivity index (χ1n) is 6.54. The van der Waals surface area contributed by atoms with E-state index in [0.29, 0.717) is 14.2 Å². The number of hydrogen-bond donors (Lipinski definition) is 1. The molecule has 1 heterocycles. The predicted octanol–water partition coefficient (Wildman–Crippen LogP) is 5.97. The number of anilines is 1. The second-order valence-corrected chi connectivity index (χ2v) is 6.79. The fraction of sp³-hybridized carbons (Fsp3) is 0. The molecule has 0 saturated heterocycles. The summed E-state index contributed by atoms with van der Waals surface area (Å²) in [6, 6.07) is 18.7. The van der Waals surface area contributed by atoms with Gasteiger partial charge >= 0.3 is 0 Å². The lowest BCUT2D eigenvalue weighted by Crippen LogP contribution is -2.09. The molecule has 0 aliphatic rings. The average molecular weight is 348 g/mol. The molecule has 1 aromatic heterocycles. The molecule has 0 atom stereocenters. The molecule has 0 fully saturated rings. The van der Waals surface area contributed by atoms with E-state index in [1.54, 1.807) is 12.1 Å². The summed E-state index contributed by atoms with van der Waals surface area (Å²) in [5, 5.41) is 3.56. The Balaban J connectivity index is 1.74. The second-order valence-electron chi connectivity index (χ2n) is 4.64. The molecule has 0 spiro atoms. The van der Waals surface area contributed by atoms with Gasteiger partial charge in [0.15, 0.2) is 0 Å². The third-order valence-electron chi connectivity index (χ3n) is 3.12. The molecule has 110 valence electrons. The lowest BCUT2D eigenvalue weighted by molar-refractivity contribution is 0.103. The zero-order valence-electron chi connectivity index (χ0n) is 11.3. The van der Waals surface area contributed by atoms with Crippen molar-refractivity contribution in [3.63, 3.8) is 0 Å². The minimum atomic E-state index is -0.156. The highest BCUT2D eigenvalue weighted by Gasteiger charge is 2.09. The van der Waals surface area contributed by atoms with Crippen LogP contribution in [-0.4, -0.2) is 5.91 Å². The summed E-state index contributed by atoms with van der Waals surface area (Å²) in [6.45, 7) is 0. The van der Waals surface area contributed by atoms with Gasteiger partial charge in [-0.2, -0.15) is 0 Å². The summed E-state index contributed by atoms with van der Waals surface area (Å²) in [6.07, 6.45) is 0. The van der Waals surface area contributed by atoms with Crippen LogP contribution in [0.4, 0.5) is 5.69 Å². The van der Waals surface area contributed by atoms with E-state index in [1.165, 1.54) is 11.3 Å². The number of carbonyl (C=O) groups excluding carboxylic acids is 1. The van der Waals surface area contributed by atoms with Crippen molar-refractivity contribution in [3.05, 3.63) is 74.9 Å². The SMILES string of the molecule is O=C(Nc1ccc(-c2ccc(Cl)cc2)cc1)c1ccc(Cl)s1. The molecule has 3 aromatic rings. The van der Waals surface area contributed by atoms with Crippen LogP contribution in [0.15, 0.2) is 60.7 Å². The zero-order valence-corrected chi connectivity index (χ0v) is 13.7. The zero-order chi connectivity index (χ0) is 15.5. The molecule has 5 heteroatoms. The van der Waals surface area contributed by atoms with Gasteiger partial charge in [-0.3, -0.25) is 4.79 Å². The van der Waals surface area contributed by atoms with E-state index in [9.17, 15) is 4.79 Å². The van der Waals surface area contributed by atoms with Gasteiger partial charge in [-0.25, -0.2) is 0 Å². The van der Waals surface area contributed by atoms with Crippen LogP contribution in [0.1, 0.15) is 9.67 Å². The molecule has 0 saturated carbocycles. The maximum atomic E-state index is 12.0. The quantitative estimate of drug-likeness (QED) is 0.620. The van der Waals surface area contributed by atoms with Crippen LogP contribution < -0.4 is 5.32 Å². The number of amides is 1. The van der Waals surface area contributed by atoms with E-state index in [1.807, 2.05) is 48.5 Å². The molecular weight excluding hydrogens is 337 g/mol. The van der Waals surface area contributed by atoms with Gasteiger partial charge in [-0.1, -0.05) is 47.5 Å². The van der Waals surface area contributed by atoms with Gasteiger partial charge in [-0.15, -0.1) is 11.3 Å². The molecule has 0 radical (unpaired) electrons. The number of rotatable bonds is 3. The molecule has 1 amide bonds. The maximum Gasteiger partial charge on any atom is 0.265 e. The van der Waals surface area contributed by atoms with E-state index in [4.69, 9.17) is 23.2 Å². The highest BCUT2D eigenvalue weighted by Crippen LogP contribution is 2.25. The van der Waals surface area contributed by atoms with Crippen molar-refractivity contribution in [2.75, 3.05) is 5.32 Å². The molecule has 0 unspecified atom stereocenters. The van der Waals surface area contributed by atoms with Crippen molar-refractivity contribution in [2.24, 2.45) is 0 Å². The molecule has 22 heavy (non-hydrogen) atoms. The molecule has 2 nitrogen and oxygen atoms in total. The van der Waals surface area contributed by atoms with E-state index < -0.39 is 0 Å². The molecular formula is C17H11Cl2NOS. The minimum Gasteiger partial charge on any atom is -0.321 e. The topological polar surface area (TPSA) is 29.1 Å². The molecule has 0 bridgehead atoms. The Morgan fingerprint density at radius 2 is 1.41 bits per heavy atom. The highest BCUT2D eigenvalue weighted by molar-refractivity contribution is 7.18. The number of halogens is 2. The molecule has 1 N–H and O–H groups in total.